The Morgan fingerprint density at radius 1 is 1.16 bits per heavy atom. The van der Waals surface area contributed by atoms with E-state index in [0.717, 1.165) is 16.7 Å². The number of hydrogen-bond acceptors (Lipinski definition) is 8. The van der Waals surface area contributed by atoms with Gasteiger partial charge in [0, 0.05) is 12.0 Å². The Morgan fingerprint density at radius 2 is 1.94 bits per heavy atom. The Bertz CT molecular complexity index is 1350. The molecule has 0 unspecified atom stereocenters. The largest absolute Gasteiger partial charge is 0.495 e. The minimum absolute atomic E-state index is 0.0537. The highest BCUT2D eigenvalue weighted by molar-refractivity contribution is 7.93. The monoisotopic (exact) mass is 458 g/mol. The fourth-order valence-corrected chi connectivity index (χ4v) is 5.76. The molecule has 0 bridgehead atoms. The van der Waals surface area contributed by atoms with Gasteiger partial charge in [-0.2, -0.15) is 11.3 Å². The molecular weight excluding hydrogens is 440 g/mol. The summed E-state index contributed by atoms with van der Waals surface area (Å²) >= 11 is 1.60. The van der Waals surface area contributed by atoms with Crippen molar-refractivity contribution >= 4 is 38.1 Å². The standard InChI is InChI=1S/C21H18N2O6S2/c1-26-15-4-3-5-16(27-2)20(15)31(24,25)23-21-18-17(29-22-21)10-14(12-7-9-30-11-12)13-6-8-28-19(13)18/h3-5,7,9-11H,6,8H2,1-2H3,(H,22,23). The number of fused-ring (bicyclic) bond motifs is 3. The van der Waals surface area contributed by atoms with Crippen LogP contribution in [0.2, 0.25) is 0 Å². The molecule has 5 rings (SSSR count). The third-order valence-corrected chi connectivity index (χ3v) is 7.22. The Hall–Kier alpha value is -3.24. The molecule has 10 heteroatoms. The quantitative estimate of drug-likeness (QED) is 0.460. The number of nitrogens with zero attached hydrogens (tertiary/aromatic N) is 1. The maximum absolute atomic E-state index is 13.3. The first-order valence-corrected chi connectivity index (χ1v) is 11.8. The number of methoxy groups -OCH3 is 2. The van der Waals surface area contributed by atoms with Crippen LogP contribution in [0.4, 0.5) is 5.82 Å². The highest BCUT2D eigenvalue weighted by Crippen LogP contribution is 2.45. The van der Waals surface area contributed by atoms with Crippen molar-refractivity contribution in [1.29, 1.82) is 0 Å². The molecule has 0 atom stereocenters. The van der Waals surface area contributed by atoms with E-state index in [-0.39, 0.29) is 22.2 Å². The summed E-state index contributed by atoms with van der Waals surface area (Å²) in [7, 11) is -1.32. The number of anilines is 1. The van der Waals surface area contributed by atoms with E-state index >= 15 is 0 Å². The summed E-state index contributed by atoms with van der Waals surface area (Å²) < 4.78 is 50.9. The van der Waals surface area contributed by atoms with Crippen molar-refractivity contribution in [3.63, 3.8) is 0 Å². The molecule has 1 aliphatic heterocycles. The molecule has 0 spiro atoms. The van der Waals surface area contributed by atoms with Crippen LogP contribution in [-0.4, -0.2) is 34.4 Å². The van der Waals surface area contributed by atoms with E-state index in [4.69, 9.17) is 18.7 Å². The van der Waals surface area contributed by atoms with Crippen LogP contribution in [0.25, 0.3) is 22.1 Å². The zero-order valence-corrected chi connectivity index (χ0v) is 18.3. The van der Waals surface area contributed by atoms with Gasteiger partial charge in [0.15, 0.2) is 16.3 Å². The number of nitrogens with one attached hydrogen (secondary N) is 1. The summed E-state index contributed by atoms with van der Waals surface area (Å²) in [4.78, 5) is -0.122. The van der Waals surface area contributed by atoms with Crippen LogP contribution in [0.1, 0.15) is 5.56 Å². The molecule has 8 nitrogen and oxygen atoms in total. The van der Waals surface area contributed by atoms with Crippen molar-refractivity contribution in [3.05, 3.63) is 46.7 Å². The van der Waals surface area contributed by atoms with Gasteiger partial charge in [-0.15, -0.1) is 0 Å². The first-order chi connectivity index (χ1) is 15.0. The Morgan fingerprint density at radius 3 is 2.61 bits per heavy atom. The summed E-state index contributed by atoms with van der Waals surface area (Å²) in [6.45, 7) is 0.503. The molecule has 1 N–H and O–H groups in total. The van der Waals surface area contributed by atoms with Crippen molar-refractivity contribution in [2.45, 2.75) is 11.3 Å². The normalized spacial score (nSPS) is 13.1. The molecule has 160 valence electrons. The lowest BCUT2D eigenvalue weighted by atomic mass is 9.98. The average Bonchev–Trinajstić information content (AvgIpc) is 3.52. The van der Waals surface area contributed by atoms with Crippen molar-refractivity contribution in [2.75, 3.05) is 25.5 Å². The maximum Gasteiger partial charge on any atom is 0.270 e. The molecule has 0 aliphatic carbocycles. The average molecular weight is 459 g/mol. The lowest BCUT2D eigenvalue weighted by Gasteiger charge is -2.14. The molecular formula is C21H18N2O6S2. The van der Waals surface area contributed by atoms with Crippen LogP contribution in [0.5, 0.6) is 17.2 Å². The first-order valence-electron chi connectivity index (χ1n) is 9.38. The van der Waals surface area contributed by atoms with Crippen molar-refractivity contribution in [1.82, 2.24) is 5.16 Å². The summed E-state index contributed by atoms with van der Waals surface area (Å²) in [5.74, 6) is 0.948. The summed E-state index contributed by atoms with van der Waals surface area (Å²) in [5, 5.41) is 8.53. The van der Waals surface area contributed by atoms with E-state index in [0.29, 0.717) is 29.7 Å². The molecule has 31 heavy (non-hydrogen) atoms. The number of ether oxygens (including phenoxy) is 3. The molecule has 2 aromatic heterocycles. The van der Waals surface area contributed by atoms with Gasteiger partial charge in [0.2, 0.25) is 0 Å². The zero-order valence-electron chi connectivity index (χ0n) is 16.7. The second kappa shape index (κ2) is 7.47. The lowest BCUT2D eigenvalue weighted by molar-refractivity contribution is 0.360. The maximum atomic E-state index is 13.3. The summed E-state index contributed by atoms with van der Waals surface area (Å²) in [6, 6.07) is 8.64. The van der Waals surface area contributed by atoms with Gasteiger partial charge in [0.25, 0.3) is 10.0 Å². The molecule has 4 aromatic rings. The molecule has 0 amide bonds. The third kappa shape index (κ3) is 3.19. The topological polar surface area (TPSA) is 99.9 Å². The second-order valence-electron chi connectivity index (χ2n) is 6.84. The highest BCUT2D eigenvalue weighted by Gasteiger charge is 2.30. The minimum atomic E-state index is -4.11. The van der Waals surface area contributed by atoms with Crippen LogP contribution in [0.15, 0.2) is 50.5 Å². The highest BCUT2D eigenvalue weighted by atomic mass is 32.2. The molecule has 1 aliphatic rings. The smallest absolute Gasteiger partial charge is 0.270 e. The molecule has 0 saturated carbocycles. The fraction of sp³-hybridized carbons (Fsp3) is 0.190. The van der Waals surface area contributed by atoms with Gasteiger partial charge in [-0.25, -0.2) is 8.42 Å². The van der Waals surface area contributed by atoms with E-state index in [2.05, 4.69) is 9.88 Å². The zero-order chi connectivity index (χ0) is 21.6. The second-order valence-corrected chi connectivity index (χ2v) is 9.24. The predicted octanol–water partition coefficient (Wildman–Crippen LogP) is 4.31. The predicted molar refractivity (Wildman–Crippen MR) is 117 cm³/mol. The van der Waals surface area contributed by atoms with Gasteiger partial charge < -0.3 is 18.7 Å². The number of thiophene rings is 1. The number of benzene rings is 2. The Kier molecular flexibility index (Phi) is 4.75. The van der Waals surface area contributed by atoms with E-state index in [1.165, 1.54) is 14.2 Å². The Labute approximate surface area is 182 Å². The van der Waals surface area contributed by atoms with E-state index in [9.17, 15) is 8.42 Å². The van der Waals surface area contributed by atoms with Gasteiger partial charge in [-0.05, 0) is 46.2 Å². The van der Waals surface area contributed by atoms with E-state index in [1.807, 2.05) is 22.9 Å². The van der Waals surface area contributed by atoms with Crippen LogP contribution < -0.4 is 18.9 Å². The number of hydrogen-bond donors (Lipinski definition) is 1. The van der Waals surface area contributed by atoms with Crippen LogP contribution in [0, 0.1) is 0 Å². The van der Waals surface area contributed by atoms with Crippen molar-refractivity contribution in [3.8, 4) is 28.4 Å². The number of aromatic nitrogens is 1. The van der Waals surface area contributed by atoms with Crippen LogP contribution >= 0.6 is 11.3 Å². The Balaban J connectivity index is 1.64. The lowest BCUT2D eigenvalue weighted by Crippen LogP contribution is -2.15. The minimum Gasteiger partial charge on any atom is -0.495 e. The van der Waals surface area contributed by atoms with Crippen LogP contribution in [-0.2, 0) is 16.4 Å². The first kappa shape index (κ1) is 19.7. The molecule has 0 fully saturated rings. The summed E-state index contributed by atoms with van der Waals surface area (Å²) in [5.41, 5.74) is 3.50. The molecule has 0 saturated heterocycles. The summed E-state index contributed by atoms with van der Waals surface area (Å²) in [6.07, 6.45) is 0.716. The van der Waals surface area contributed by atoms with Gasteiger partial charge >= 0.3 is 0 Å². The fourth-order valence-electron chi connectivity index (χ4n) is 3.78. The third-order valence-electron chi connectivity index (χ3n) is 5.13. The van der Waals surface area contributed by atoms with Gasteiger partial charge in [0.05, 0.1) is 20.8 Å². The molecule has 0 radical (unpaired) electrons. The van der Waals surface area contributed by atoms with Crippen molar-refractivity contribution in [2.24, 2.45) is 0 Å². The van der Waals surface area contributed by atoms with Gasteiger partial charge in [0.1, 0.15) is 22.6 Å². The molecule has 2 aromatic carbocycles. The van der Waals surface area contributed by atoms with Crippen LogP contribution in [0.3, 0.4) is 0 Å². The number of sulfonamides is 1. The number of rotatable bonds is 6. The van der Waals surface area contributed by atoms with E-state index < -0.39 is 10.0 Å². The SMILES string of the molecule is COc1cccc(OC)c1S(=O)(=O)Nc1noc2cc(-c3ccsc3)c3c(c12)OCC3. The van der Waals surface area contributed by atoms with Gasteiger partial charge in [-0.1, -0.05) is 11.2 Å². The van der Waals surface area contributed by atoms with Crippen molar-refractivity contribution < 1.29 is 27.2 Å². The molecule has 3 heterocycles. The van der Waals surface area contributed by atoms with Gasteiger partial charge in [-0.3, -0.25) is 4.72 Å². The van der Waals surface area contributed by atoms with E-state index in [1.54, 1.807) is 29.5 Å².